The first-order valence-electron chi connectivity index (χ1n) is 12.1. The number of carboxylic acid groups (broad SMARTS) is 1. The summed E-state index contributed by atoms with van der Waals surface area (Å²) in [5.74, 6) is -1.02. The minimum absolute atomic E-state index is 0.0497. The Morgan fingerprint density at radius 1 is 0.974 bits per heavy atom. The van der Waals surface area contributed by atoms with Crippen LogP contribution in [-0.4, -0.2) is 42.9 Å². The van der Waals surface area contributed by atoms with E-state index in [4.69, 9.17) is 28.3 Å². The highest BCUT2D eigenvalue weighted by atomic mass is 35.5. The molecule has 0 radical (unpaired) electrons. The van der Waals surface area contributed by atoms with Crippen LogP contribution in [0.4, 0.5) is 5.69 Å². The average molecular weight is 585 g/mol. The van der Waals surface area contributed by atoms with Crippen LogP contribution in [0.3, 0.4) is 0 Å². The predicted molar refractivity (Wildman–Crippen MR) is 155 cm³/mol. The van der Waals surface area contributed by atoms with Crippen LogP contribution < -0.4 is 5.32 Å². The maximum absolute atomic E-state index is 12.7. The topological polar surface area (TPSA) is 110 Å². The number of benzene rings is 3. The van der Waals surface area contributed by atoms with Crippen LogP contribution in [-0.2, 0) is 21.4 Å². The predicted octanol–water partition coefficient (Wildman–Crippen LogP) is 6.68. The van der Waals surface area contributed by atoms with Gasteiger partial charge in [0.2, 0.25) is 11.1 Å². The quantitative estimate of drug-likeness (QED) is 0.211. The summed E-state index contributed by atoms with van der Waals surface area (Å²) in [6, 6.07) is 18.8. The average Bonchev–Trinajstić information content (AvgIpc) is 3.35. The van der Waals surface area contributed by atoms with Gasteiger partial charge in [-0.15, -0.1) is 5.10 Å². The number of rotatable bonds is 9. The molecule has 39 heavy (non-hydrogen) atoms. The number of thioether (sulfide) groups is 1. The summed E-state index contributed by atoms with van der Waals surface area (Å²) in [4.78, 5) is 23.5. The van der Waals surface area contributed by atoms with Gasteiger partial charge in [-0.1, -0.05) is 92.1 Å². The molecule has 1 aromatic heterocycles. The molecule has 0 saturated carbocycles. The molecule has 0 aliphatic rings. The molecule has 0 spiro atoms. The molecule has 0 atom stereocenters. The lowest BCUT2D eigenvalue weighted by atomic mass is 9.87. The van der Waals surface area contributed by atoms with E-state index in [0.717, 1.165) is 22.3 Å². The van der Waals surface area contributed by atoms with E-state index < -0.39 is 5.97 Å². The monoisotopic (exact) mass is 583 g/mol. The smallest absolute Gasteiger partial charge is 0.303 e. The van der Waals surface area contributed by atoms with E-state index in [1.807, 2.05) is 48.5 Å². The lowest BCUT2D eigenvalue weighted by molar-refractivity contribution is -0.137. The lowest BCUT2D eigenvalue weighted by Crippen LogP contribution is -2.15. The molecule has 202 valence electrons. The molecule has 0 saturated heterocycles. The highest BCUT2D eigenvalue weighted by Crippen LogP contribution is 2.31. The van der Waals surface area contributed by atoms with Crippen molar-refractivity contribution in [2.75, 3.05) is 11.1 Å². The van der Waals surface area contributed by atoms with Gasteiger partial charge in [0, 0.05) is 6.42 Å². The third kappa shape index (κ3) is 7.38. The Hall–Kier alpha value is -3.40. The Labute approximate surface area is 240 Å². The molecular formula is C28H27Cl2N5O3S. The van der Waals surface area contributed by atoms with Crippen LogP contribution in [0.15, 0.2) is 65.8 Å². The molecular weight excluding hydrogens is 557 g/mol. The second kappa shape index (κ2) is 12.2. The van der Waals surface area contributed by atoms with Crippen LogP contribution in [0.5, 0.6) is 0 Å². The Balaban J connectivity index is 1.38. The Bertz CT molecular complexity index is 1500. The highest BCUT2D eigenvalue weighted by Gasteiger charge is 2.18. The Morgan fingerprint density at radius 3 is 2.33 bits per heavy atom. The number of aliphatic carboxylic acids is 1. The fourth-order valence-electron chi connectivity index (χ4n) is 3.79. The van der Waals surface area contributed by atoms with Gasteiger partial charge in [-0.25, -0.2) is 0 Å². The van der Waals surface area contributed by atoms with Gasteiger partial charge in [-0.05, 0) is 68.8 Å². The number of carbonyl (C=O) groups excluding carboxylic acids is 1. The number of anilines is 1. The molecule has 4 rings (SSSR count). The number of carbonyl (C=O) groups is 2. The van der Waals surface area contributed by atoms with Gasteiger partial charge >= 0.3 is 5.97 Å². The van der Waals surface area contributed by atoms with Crippen LogP contribution in [0.1, 0.15) is 38.3 Å². The third-order valence-electron chi connectivity index (χ3n) is 5.97. The van der Waals surface area contributed by atoms with Crippen molar-refractivity contribution >= 4 is 52.5 Å². The minimum atomic E-state index is -0.823. The summed E-state index contributed by atoms with van der Waals surface area (Å²) in [6.45, 7) is 6.33. The molecule has 0 aliphatic carbocycles. The largest absolute Gasteiger partial charge is 0.481 e. The highest BCUT2D eigenvalue weighted by molar-refractivity contribution is 7.99. The van der Waals surface area contributed by atoms with E-state index in [2.05, 4.69) is 41.6 Å². The van der Waals surface area contributed by atoms with Crippen LogP contribution in [0.2, 0.25) is 10.0 Å². The molecule has 0 unspecified atom stereocenters. The summed E-state index contributed by atoms with van der Waals surface area (Å²) in [6.07, 6.45) is 0.563. The molecule has 0 aliphatic heterocycles. The number of carboxylic acids is 1. The van der Waals surface area contributed by atoms with E-state index in [1.165, 1.54) is 16.4 Å². The van der Waals surface area contributed by atoms with Crippen LogP contribution >= 0.6 is 35.0 Å². The van der Waals surface area contributed by atoms with Crippen molar-refractivity contribution in [3.05, 3.63) is 81.8 Å². The molecule has 1 heterocycles. The zero-order chi connectivity index (χ0) is 28.2. The van der Waals surface area contributed by atoms with Crippen molar-refractivity contribution in [3.63, 3.8) is 0 Å². The van der Waals surface area contributed by atoms with Crippen molar-refractivity contribution in [2.24, 2.45) is 0 Å². The molecule has 0 bridgehead atoms. The fraction of sp³-hybridized carbons (Fsp3) is 0.250. The number of amides is 1. The zero-order valence-corrected chi connectivity index (χ0v) is 23.9. The normalized spacial score (nSPS) is 11.4. The van der Waals surface area contributed by atoms with Gasteiger partial charge in [-0.2, -0.15) is 4.68 Å². The molecule has 2 N–H and O–H groups in total. The molecule has 11 heteroatoms. The number of hydrogen-bond donors (Lipinski definition) is 2. The van der Waals surface area contributed by atoms with Crippen LogP contribution in [0.25, 0.3) is 16.8 Å². The Kier molecular flexibility index (Phi) is 8.94. The molecule has 8 nitrogen and oxygen atoms in total. The van der Waals surface area contributed by atoms with E-state index >= 15 is 0 Å². The van der Waals surface area contributed by atoms with Gasteiger partial charge < -0.3 is 10.4 Å². The van der Waals surface area contributed by atoms with Crippen molar-refractivity contribution in [2.45, 2.75) is 44.2 Å². The minimum Gasteiger partial charge on any atom is -0.481 e. The van der Waals surface area contributed by atoms with Crippen molar-refractivity contribution in [1.82, 2.24) is 20.2 Å². The first-order valence-corrected chi connectivity index (χ1v) is 13.9. The maximum Gasteiger partial charge on any atom is 0.303 e. The summed E-state index contributed by atoms with van der Waals surface area (Å²) >= 11 is 14.2. The fourth-order valence-corrected chi connectivity index (χ4v) is 4.96. The van der Waals surface area contributed by atoms with E-state index in [-0.39, 0.29) is 23.5 Å². The van der Waals surface area contributed by atoms with Crippen molar-refractivity contribution in [3.8, 4) is 16.8 Å². The van der Waals surface area contributed by atoms with E-state index in [9.17, 15) is 9.59 Å². The lowest BCUT2D eigenvalue weighted by Gasteiger charge is -2.20. The van der Waals surface area contributed by atoms with E-state index in [1.54, 1.807) is 12.1 Å². The first kappa shape index (κ1) is 28.6. The Morgan fingerprint density at radius 2 is 1.69 bits per heavy atom. The van der Waals surface area contributed by atoms with Gasteiger partial charge in [0.15, 0.2) is 0 Å². The molecule has 4 aromatic rings. The van der Waals surface area contributed by atoms with Crippen molar-refractivity contribution < 1.29 is 14.7 Å². The number of hydrogen-bond acceptors (Lipinski definition) is 6. The number of nitrogens with one attached hydrogen (secondary N) is 1. The zero-order valence-electron chi connectivity index (χ0n) is 21.6. The number of aromatic nitrogens is 4. The van der Waals surface area contributed by atoms with Crippen molar-refractivity contribution in [1.29, 1.82) is 0 Å². The van der Waals surface area contributed by atoms with Gasteiger partial charge in [0.05, 0.1) is 27.2 Å². The summed E-state index contributed by atoms with van der Waals surface area (Å²) in [5, 5.41) is 24.9. The first-order chi connectivity index (χ1) is 18.5. The number of halogens is 2. The second-order valence-corrected chi connectivity index (χ2v) is 11.7. The number of nitrogens with zero attached hydrogens (tertiary/aromatic N) is 4. The second-order valence-electron chi connectivity index (χ2n) is 9.91. The number of aryl methyl sites for hydroxylation is 1. The standard InChI is InChI=1S/C28H27Cl2N5O3S/c1-28(2,3)20-10-12-24(22(30)15-20)35-27(32-33-34-35)39-16-25(36)31-23-11-9-19(14-21(23)29)18-7-4-17(5-8-18)6-13-26(37)38/h4-5,7-12,14-15H,6,13,16H2,1-3H3,(H,31,36)(H,37,38). The number of tetrazole rings is 1. The van der Waals surface area contributed by atoms with Gasteiger partial charge in [-0.3, -0.25) is 9.59 Å². The van der Waals surface area contributed by atoms with Gasteiger partial charge in [0.25, 0.3) is 0 Å². The SMILES string of the molecule is CC(C)(C)c1ccc(-n2nnnc2SCC(=O)Nc2ccc(-c3ccc(CCC(=O)O)cc3)cc2Cl)c(Cl)c1. The van der Waals surface area contributed by atoms with Gasteiger partial charge in [0.1, 0.15) is 0 Å². The summed E-state index contributed by atoms with van der Waals surface area (Å²) < 4.78 is 1.52. The summed E-state index contributed by atoms with van der Waals surface area (Å²) in [7, 11) is 0. The maximum atomic E-state index is 12.7. The van der Waals surface area contributed by atoms with Crippen LogP contribution in [0, 0.1) is 0 Å². The molecule has 1 amide bonds. The summed E-state index contributed by atoms with van der Waals surface area (Å²) in [5.41, 5.74) is 4.93. The third-order valence-corrected chi connectivity index (χ3v) is 7.51. The molecule has 0 fully saturated rings. The molecule has 3 aromatic carbocycles. The van der Waals surface area contributed by atoms with E-state index in [0.29, 0.717) is 33.0 Å².